The molecular weight excluding hydrogens is 325 g/mol. The summed E-state index contributed by atoms with van der Waals surface area (Å²) in [5.41, 5.74) is 1.10. The van der Waals surface area contributed by atoms with E-state index in [1.165, 1.54) is 30.3 Å². The molecule has 2 nitrogen and oxygen atoms in total. The standard InChI is InChI=1S/C13H8BrF3O2/c14-10-4-9(5-11(18)7-10)8-2-1-3-12(6-8)19-13(15,16)17/h1-7,18H. The SMILES string of the molecule is Oc1cc(Br)cc(-c2cccc(OC(F)(F)F)c2)c1. The predicted molar refractivity (Wildman–Crippen MR) is 67.9 cm³/mol. The molecule has 0 unspecified atom stereocenters. The largest absolute Gasteiger partial charge is 0.573 e. The average Bonchev–Trinajstić information content (AvgIpc) is 2.25. The maximum absolute atomic E-state index is 12.1. The molecule has 1 N–H and O–H groups in total. The highest BCUT2D eigenvalue weighted by atomic mass is 79.9. The average molecular weight is 333 g/mol. The minimum absolute atomic E-state index is 0.0199. The number of alkyl halides is 3. The Bertz CT molecular complexity index is 576. The van der Waals surface area contributed by atoms with Crippen LogP contribution in [0.1, 0.15) is 0 Å². The molecule has 100 valence electrons. The van der Waals surface area contributed by atoms with Crippen molar-refractivity contribution in [1.29, 1.82) is 0 Å². The molecule has 0 spiro atoms. The van der Waals surface area contributed by atoms with Crippen LogP contribution in [0.4, 0.5) is 13.2 Å². The molecule has 0 aliphatic rings. The fraction of sp³-hybridized carbons (Fsp3) is 0.0769. The van der Waals surface area contributed by atoms with E-state index in [2.05, 4.69) is 20.7 Å². The summed E-state index contributed by atoms with van der Waals surface area (Å²) in [6, 6.07) is 10.2. The first kappa shape index (κ1) is 13.7. The lowest BCUT2D eigenvalue weighted by Crippen LogP contribution is -2.17. The number of phenols is 1. The van der Waals surface area contributed by atoms with Gasteiger partial charge in [0, 0.05) is 4.47 Å². The van der Waals surface area contributed by atoms with Gasteiger partial charge in [0.25, 0.3) is 0 Å². The van der Waals surface area contributed by atoms with Crippen molar-refractivity contribution in [2.24, 2.45) is 0 Å². The van der Waals surface area contributed by atoms with Gasteiger partial charge >= 0.3 is 6.36 Å². The van der Waals surface area contributed by atoms with Crippen molar-refractivity contribution in [3.05, 3.63) is 46.9 Å². The minimum Gasteiger partial charge on any atom is -0.508 e. The van der Waals surface area contributed by atoms with E-state index >= 15 is 0 Å². The zero-order chi connectivity index (χ0) is 14.0. The molecule has 2 aromatic rings. The molecule has 0 aromatic heterocycles. The molecule has 0 aliphatic heterocycles. The molecule has 0 aliphatic carbocycles. The van der Waals surface area contributed by atoms with Gasteiger partial charge in [-0.25, -0.2) is 0 Å². The topological polar surface area (TPSA) is 29.5 Å². The highest BCUT2D eigenvalue weighted by Gasteiger charge is 2.31. The van der Waals surface area contributed by atoms with Crippen molar-refractivity contribution in [2.75, 3.05) is 0 Å². The molecule has 0 bridgehead atoms. The van der Waals surface area contributed by atoms with E-state index in [0.717, 1.165) is 0 Å². The van der Waals surface area contributed by atoms with Gasteiger partial charge in [-0.05, 0) is 41.5 Å². The Morgan fingerprint density at radius 3 is 2.37 bits per heavy atom. The molecule has 2 aromatic carbocycles. The third kappa shape index (κ3) is 3.89. The summed E-state index contributed by atoms with van der Waals surface area (Å²) in [7, 11) is 0. The van der Waals surface area contributed by atoms with Crippen molar-refractivity contribution in [2.45, 2.75) is 6.36 Å². The Morgan fingerprint density at radius 1 is 1.00 bits per heavy atom. The van der Waals surface area contributed by atoms with Gasteiger partial charge in [-0.15, -0.1) is 13.2 Å². The second-order valence-corrected chi connectivity index (χ2v) is 4.69. The lowest BCUT2D eigenvalue weighted by molar-refractivity contribution is -0.274. The fourth-order valence-electron chi connectivity index (χ4n) is 1.61. The monoisotopic (exact) mass is 332 g/mol. The molecular formula is C13H8BrF3O2. The molecule has 6 heteroatoms. The summed E-state index contributed by atoms with van der Waals surface area (Å²) in [6.07, 6.45) is -4.72. The van der Waals surface area contributed by atoms with Crippen molar-refractivity contribution >= 4 is 15.9 Å². The Kier molecular flexibility index (Phi) is 3.71. The number of hydrogen-bond acceptors (Lipinski definition) is 2. The van der Waals surface area contributed by atoms with E-state index in [-0.39, 0.29) is 11.5 Å². The summed E-state index contributed by atoms with van der Waals surface area (Å²) in [4.78, 5) is 0. The third-order valence-corrected chi connectivity index (χ3v) is 2.74. The van der Waals surface area contributed by atoms with Gasteiger partial charge in [0.2, 0.25) is 0 Å². The van der Waals surface area contributed by atoms with Crippen molar-refractivity contribution in [3.63, 3.8) is 0 Å². The minimum atomic E-state index is -4.72. The first-order valence-electron chi connectivity index (χ1n) is 5.19. The molecule has 0 saturated carbocycles. The van der Waals surface area contributed by atoms with E-state index in [0.29, 0.717) is 15.6 Å². The van der Waals surface area contributed by atoms with Gasteiger partial charge in [-0.3, -0.25) is 0 Å². The van der Waals surface area contributed by atoms with Crippen LogP contribution in [-0.4, -0.2) is 11.5 Å². The van der Waals surface area contributed by atoms with E-state index in [1.807, 2.05) is 0 Å². The number of phenolic OH excluding ortho intramolecular Hbond substituents is 1. The number of hydrogen-bond donors (Lipinski definition) is 1. The van der Waals surface area contributed by atoms with Crippen LogP contribution >= 0.6 is 15.9 Å². The Hall–Kier alpha value is -1.69. The van der Waals surface area contributed by atoms with Crippen molar-refractivity contribution in [3.8, 4) is 22.6 Å². The molecule has 0 saturated heterocycles. The van der Waals surface area contributed by atoms with Crippen LogP contribution in [0.25, 0.3) is 11.1 Å². The highest BCUT2D eigenvalue weighted by Crippen LogP contribution is 2.31. The van der Waals surface area contributed by atoms with Gasteiger partial charge in [-0.2, -0.15) is 0 Å². The van der Waals surface area contributed by atoms with Gasteiger partial charge in [-0.1, -0.05) is 28.1 Å². The van der Waals surface area contributed by atoms with Gasteiger partial charge in [0.05, 0.1) is 0 Å². The molecule has 19 heavy (non-hydrogen) atoms. The van der Waals surface area contributed by atoms with Crippen LogP contribution in [0.15, 0.2) is 46.9 Å². The van der Waals surface area contributed by atoms with Crippen LogP contribution in [0.3, 0.4) is 0 Å². The van der Waals surface area contributed by atoms with Crippen LogP contribution in [-0.2, 0) is 0 Å². The summed E-state index contributed by atoms with van der Waals surface area (Å²) < 4.78 is 40.9. The van der Waals surface area contributed by atoms with Gasteiger partial charge < -0.3 is 9.84 Å². The van der Waals surface area contributed by atoms with Crippen LogP contribution in [0.5, 0.6) is 11.5 Å². The molecule has 0 fully saturated rings. The zero-order valence-electron chi connectivity index (χ0n) is 9.41. The predicted octanol–water partition coefficient (Wildman–Crippen LogP) is 4.72. The first-order valence-corrected chi connectivity index (χ1v) is 5.98. The molecule has 2 rings (SSSR count). The zero-order valence-corrected chi connectivity index (χ0v) is 11.0. The number of benzene rings is 2. The smallest absolute Gasteiger partial charge is 0.508 e. The highest BCUT2D eigenvalue weighted by molar-refractivity contribution is 9.10. The summed E-state index contributed by atoms with van der Waals surface area (Å²) in [5, 5.41) is 9.47. The maximum atomic E-state index is 12.1. The Morgan fingerprint density at radius 2 is 1.74 bits per heavy atom. The van der Waals surface area contributed by atoms with Gasteiger partial charge in [0.1, 0.15) is 11.5 Å². The van der Waals surface area contributed by atoms with E-state index in [9.17, 15) is 18.3 Å². The van der Waals surface area contributed by atoms with Crippen LogP contribution in [0, 0.1) is 0 Å². The van der Waals surface area contributed by atoms with E-state index < -0.39 is 6.36 Å². The molecule has 0 heterocycles. The molecule has 0 radical (unpaired) electrons. The second-order valence-electron chi connectivity index (χ2n) is 3.77. The number of rotatable bonds is 2. The van der Waals surface area contributed by atoms with Crippen LogP contribution in [0.2, 0.25) is 0 Å². The molecule has 0 amide bonds. The summed E-state index contributed by atoms with van der Waals surface area (Å²) in [6.45, 7) is 0. The normalized spacial score (nSPS) is 11.4. The van der Waals surface area contributed by atoms with Crippen molar-refractivity contribution < 1.29 is 23.0 Å². The number of halogens is 4. The lowest BCUT2D eigenvalue weighted by Gasteiger charge is -2.10. The third-order valence-electron chi connectivity index (χ3n) is 2.28. The van der Waals surface area contributed by atoms with Crippen molar-refractivity contribution in [1.82, 2.24) is 0 Å². The first-order chi connectivity index (χ1) is 8.83. The maximum Gasteiger partial charge on any atom is 0.573 e. The fourth-order valence-corrected chi connectivity index (χ4v) is 2.09. The van der Waals surface area contributed by atoms with E-state index in [4.69, 9.17) is 0 Å². The molecule has 0 atom stereocenters. The quantitative estimate of drug-likeness (QED) is 0.862. The van der Waals surface area contributed by atoms with Crippen LogP contribution < -0.4 is 4.74 Å². The summed E-state index contributed by atoms with van der Waals surface area (Å²) >= 11 is 3.21. The van der Waals surface area contributed by atoms with E-state index in [1.54, 1.807) is 12.1 Å². The Balaban J connectivity index is 2.37. The Labute approximate surface area is 115 Å². The number of aromatic hydroxyl groups is 1. The second kappa shape index (κ2) is 5.13. The lowest BCUT2D eigenvalue weighted by atomic mass is 10.1. The van der Waals surface area contributed by atoms with Gasteiger partial charge in [0.15, 0.2) is 0 Å². The summed E-state index contributed by atoms with van der Waals surface area (Å²) in [5.74, 6) is -0.281. The number of ether oxygens (including phenoxy) is 1.